The van der Waals surface area contributed by atoms with Crippen molar-refractivity contribution in [3.63, 3.8) is 0 Å². The van der Waals surface area contributed by atoms with Crippen LogP contribution in [0.4, 0.5) is 0 Å². The number of carboxylic acid groups (broad SMARTS) is 1. The Morgan fingerprint density at radius 1 is 1.55 bits per heavy atom. The summed E-state index contributed by atoms with van der Waals surface area (Å²) in [5, 5.41) is 8.61. The van der Waals surface area contributed by atoms with Crippen LogP contribution in [0.25, 0.3) is 0 Å². The molecule has 66 valence electrons. The SMILES string of the molecule is CCC(COC(C)C)C(=O)O. The summed E-state index contributed by atoms with van der Waals surface area (Å²) in [4.78, 5) is 10.5. The molecule has 0 rings (SSSR count). The quantitative estimate of drug-likeness (QED) is 0.663. The smallest absolute Gasteiger partial charge is 0.308 e. The van der Waals surface area contributed by atoms with Crippen molar-refractivity contribution in [3.05, 3.63) is 0 Å². The van der Waals surface area contributed by atoms with E-state index in [-0.39, 0.29) is 12.0 Å². The van der Waals surface area contributed by atoms with Gasteiger partial charge < -0.3 is 9.84 Å². The lowest BCUT2D eigenvalue weighted by molar-refractivity contribution is -0.144. The number of hydrogen-bond acceptors (Lipinski definition) is 2. The molecule has 0 aliphatic heterocycles. The minimum atomic E-state index is -0.770. The second-order valence-corrected chi connectivity index (χ2v) is 2.83. The molecular weight excluding hydrogens is 144 g/mol. The van der Waals surface area contributed by atoms with Crippen molar-refractivity contribution >= 4 is 5.97 Å². The zero-order valence-corrected chi connectivity index (χ0v) is 7.33. The molecule has 0 aromatic carbocycles. The van der Waals surface area contributed by atoms with Crippen LogP contribution in [0.3, 0.4) is 0 Å². The maximum Gasteiger partial charge on any atom is 0.308 e. The number of hydrogen-bond donors (Lipinski definition) is 1. The lowest BCUT2D eigenvalue weighted by atomic mass is 10.1. The Labute approximate surface area is 67.4 Å². The van der Waals surface area contributed by atoms with Crippen molar-refractivity contribution in [3.8, 4) is 0 Å². The Bertz CT molecular complexity index is 121. The molecule has 0 heterocycles. The normalized spacial score (nSPS) is 13.5. The van der Waals surface area contributed by atoms with Gasteiger partial charge in [-0.05, 0) is 20.3 Å². The van der Waals surface area contributed by atoms with Crippen molar-refractivity contribution < 1.29 is 14.6 Å². The fourth-order valence-electron chi connectivity index (χ4n) is 0.672. The van der Waals surface area contributed by atoms with E-state index >= 15 is 0 Å². The summed E-state index contributed by atoms with van der Waals surface area (Å²) >= 11 is 0. The highest BCUT2D eigenvalue weighted by molar-refractivity contribution is 5.69. The zero-order chi connectivity index (χ0) is 8.85. The van der Waals surface area contributed by atoms with Gasteiger partial charge in [-0.1, -0.05) is 6.92 Å². The van der Waals surface area contributed by atoms with E-state index in [9.17, 15) is 4.79 Å². The first-order valence-corrected chi connectivity index (χ1v) is 3.92. The average Bonchev–Trinajstić information content (AvgIpc) is 1.87. The Morgan fingerprint density at radius 2 is 2.09 bits per heavy atom. The van der Waals surface area contributed by atoms with E-state index in [0.29, 0.717) is 13.0 Å². The Hall–Kier alpha value is -0.570. The second-order valence-electron chi connectivity index (χ2n) is 2.83. The van der Waals surface area contributed by atoms with Crippen molar-refractivity contribution in [2.75, 3.05) is 6.61 Å². The lowest BCUT2D eigenvalue weighted by Gasteiger charge is -2.12. The molecule has 1 atom stereocenters. The number of aliphatic carboxylic acids is 1. The van der Waals surface area contributed by atoms with Gasteiger partial charge in [0.15, 0.2) is 0 Å². The Morgan fingerprint density at radius 3 is 2.36 bits per heavy atom. The largest absolute Gasteiger partial charge is 0.481 e. The third-order valence-electron chi connectivity index (χ3n) is 1.47. The summed E-state index contributed by atoms with van der Waals surface area (Å²) in [6.45, 7) is 5.97. The van der Waals surface area contributed by atoms with E-state index in [0.717, 1.165) is 0 Å². The van der Waals surface area contributed by atoms with Gasteiger partial charge in [0.2, 0.25) is 0 Å². The van der Waals surface area contributed by atoms with E-state index in [2.05, 4.69) is 0 Å². The fraction of sp³-hybridized carbons (Fsp3) is 0.875. The monoisotopic (exact) mass is 160 g/mol. The van der Waals surface area contributed by atoms with Gasteiger partial charge in [0.1, 0.15) is 0 Å². The number of carboxylic acids is 1. The molecule has 3 heteroatoms. The zero-order valence-electron chi connectivity index (χ0n) is 7.33. The molecule has 0 aliphatic carbocycles. The fourth-order valence-corrected chi connectivity index (χ4v) is 0.672. The van der Waals surface area contributed by atoms with E-state index < -0.39 is 5.97 Å². The average molecular weight is 160 g/mol. The third-order valence-corrected chi connectivity index (χ3v) is 1.47. The van der Waals surface area contributed by atoms with Crippen LogP contribution < -0.4 is 0 Å². The van der Waals surface area contributed by atoms with Gasteiger partial charge in [0, 0.05) is 0 Å². The van der Waals surface area contributed by atoms with Gasteiger partial charge in [0.05, 0.1) is 18.6 Å². The molecule has 0 amide bonds. The van der Waals surface area contributed by atoms with Crippen molar-refractivity contribution in [2.45, 2.75) is 33.3 Å². The van der Waals surface area contributed by atoms with Crippen LogP contribution >= 0.6 is 0 Å². The molecule has 0 aromatic rings. The molecular formula is C8H16O3. The highest BCUT2D eigenvalue weighted by Gasteiger charge is 2.15. The number of carbonyl (C=O) groups is 1. The Kier molecular flexibility index (Phi) is 4.86. The van der Waals surface area contributed by atoms with E-state index in [4.69, 9.17) is 9.84 Å². The van der Waals surface area contributed by atoms with Crippen molar-refractivity contribution in [2.24, 2.45) is 5.92 Å². The van der Waals surface area contributed by atoms with Crippen molar-refractivity contribution in [1.29, 1.82) is 0 Å². The minimum Gasteiger partial charge on any atom is -0.481 e. The van der Waals surface area contributed by atoms with E-state index in [1.54, 1.807) is 0 Å². The van der Waals surface area contributed by atoms with E-state index in [1.165, 1.54) is 0 Å². The van der Waals surface area contributed by atoms with Crippen LogP contribution in [0.1, 0.15) is 27.2 Å². The maximum atomic E-state index is 10.5. The van der Waals surface area contributed by atoms with Gasteiger partial charge in [-0.2, -0.15) is 0 Å². The van der Waals surface area contributed by atoms with Gasteiger partial charge in [0.25, 0.3) is 0 Å². The summed E-state index contributed by atoms with van der Waals surface area (Å²) in [6, 6.07) is 0. The molecule has 0 radical (unpaired) electrons. The standard InChI is InChI=1S/C8H16O3/c1-4-7(8(9)10)5-11-6(2)3/h6-7H,4-5H2,1-3H3,(H,9,10). The van der Waals surface area contributed by atoms with Crippen LogP contribution in [0.5, 0.6) is 0 Å². The predicted octanol–water partition coefficient (Wildman–Crippen LogP) is 1.52. The first-order valence-electron chi connectivity index (χ1n) is 3.92. The highest BCUT2D eigenvalue weighted by Crippen LogP contribution is 2.04. The van der Waals surface area contributed by atoms with Crippen LogP contribution in [0.2, 0.25) is 0 Å². The molecule has 0 fully saturated rings. The molecule has 3 nitrogen and oxygen atoms in total. The molecule has 0 aromatic heterocycles. The maximum absolute atomic E-state index is 10.5. The summed E-state index contributed by atoms with van der Waals surface area (Å²) in [6.07, 6.45) is 0.741. The lowest BCUT2D eigenvalue weighted by Crippen LogP contribution is -2.20. The first-order chi connectivity index (χ1) is 5.07. The molecule has 0 saturated carbocycles. The predicted molar refractivity (Wildman–Crippen MR) is 42.5 cm³/mol. The summed E-state index contributed by atoms with van der Waals surface area (Å²) < 4.78 is 5.18. The summed E-state index contributed by atoms with van der Waals surface area (Å²) in [5.41, 5.74) is 0. The van der Waals surface area contributed by atoms with Crippen LogP contribution in [-0.2, 0) is 9.53 Å². The third kappa shape index (κ3) is 4.79. The van der Waals surface area contributed by atoms with E-state index in [1.807, 2.05) is 20.8 Å². The van der Waals surface area contributed by atoms with Crippen LogP contribution in [-0.4, -0.2) is 23.8 Å². The highest BCUT2D eigenvalue weighted by atomic mass is 16.5. The molecule has 0 aliphatic rings. The van der Waals surface area contributed by atoms with Crippen LogP contribution in [0.15, 0.2) is 0 Å². The van der Waals surface area contributed by atoms with Gasteiger partial charge >= 0.3 is 5.97 Å². The molecule has 1 N–H and O–H groups in total. The topological polar surface area (TPSA) is 46.5 Å². The molecule has 0 bridgehead atoms. The minimum absolute atomic E-state index is 0.114. The Balaban J connectivity index is 3.61. The van der Waals surface area contributed by atoms with Crippen LogP contribution in [0, 0.1) is 5.92 Å². The van der Waals surface area contributed by atoms with Crippen molar-refractivity contribution in [1.82, 2.24) is 0 Å². The number of ether oxygens (including phenoxy) is 1. The first kappa shape index (κ1) is 10.4. The second kappa shape index (κ2) is 5.13. The molecule has 11 heavy (non-hydrogen) atoms. The summed E-state index contributed by atoms with van der Waals surface area (Å²) in [5.74, 6) is -1.12. The molecule has 0 saturated heterocycles. The van der Waals surface area contributed by atoms with Gasteiger partial charge in [-0.25, -0.2) is 0 Å². The number of rotatable bonds is 5. The van der Waals surface area contributed by atoms with Gasteiger partial charge in [-0.15, -0.1) is 0 Å². The molecule has 0 spiro atoms. The molecule has 1 unspecified atom stereocenters. The summed E-state index contributed by atoms with van der Waals surface area (Å²) in [7, 11) is 0. The van der Waals surface area contributed by atoms with Gasteiger partial charge in [-0.3, -0.25) is 4.79 Å².